The molecule has 0 aromatic carbocycles. The van der Waals surface area contributed by atoms with Crippen LogP contribution < -0.4 is 10.6 Å². The predicted molar refractivity (Wildman–Crippen MR) is 52.8 cm³/mol. The highest BCUT2D eigenvalue weighted by Crippen LogP contribution is 2.34. The summed E-state index contributed by atoms with van der Waals surface area (Å²) in [6.07, 6.45) is 5.05. The number of piperidine rings is 1. The van der Waals surface area contributed by atoms with E-state index in [1.807, 2.05) is 0 Å². The molecule has 0 spiro atoms. The number of nitrogens with one attached hydrogen (secondary N) is 2. The molecular formula is C10H18N2O2. The summed E-state index contributed by atoms with van der Waals surface area (Å²) in [6, 6.07) is -0.0345. The van der Waals surface area contributed by atoms with Gasteiger partial charge in [-0.1, -0.05) is 6.42 Å². The van der Waals surface area contributed by atoms with Crippen molar-refractivity contribution >= 4 is 5.91 Å². The second-order valence-electron chi connectivity index (χ2n) is 4.43. The Balaban J connectivity index is 1.82. The van der Waals surface area contributed by atoms with Crippen LogP contribution in [0, 0.1) is 0 Å². The topological polar surface area (TPSA) is 61.4 Å². The number of carbonyl (C=O) groups is 1. The van der Waals surface area contributed by atoms with Crippen LogP contribution in [0.15, 0.2) is 0 Å². The first kappa shape index (κ1) is 9.93. The van der Waals surface area contributed by atoms with Crippen LogP contribution in [0.3, 0.4) is 0 Å². The Hall–Kier alpha value is -0.610. The largest absolute Gasteiger partial charge is 0.394 e. The Morgan fingerprint density at radius 3 is 2.79 bits per heavy atom. The van der Waals surface area contributed by atoms with Crippen LogP contribution in [0.4, 0.5) is 0 Å². The molecule has 3 N–H and O–H groups in total. The molecule has 1 atom stereocenters. The summed E-state index contributed by atoms with van der Waals surface area (Å²) in [5, 5.41) is 15.2. The molecule has 4 heteroatoms. The molecule has 1 heterocycles. The minimum absolute atomic E-state index is 0.0345. The van der Waals surface area contributed by atoms with Crippen LogP contribution in [0.1, 0.15) is 32.1 Å². The first-order chi connectivity index (χ1) is 6.76. The third-order valence-electron chi connectivity index (χ3n) is 3.17. The van der Waals surface area contributed by atoms with Crippen LogP contribution in [0.25, 0.3) is 0 Å². The van der Waals surface area contributed by atoms with Gasteiger partial charge in [0.25, 0.3) is 0 Å². The van der Waals surface area contributed by atoms with Gasteiger partial charge in [-0.2, -0.15) is 0 Å². The lowest BCUT2D eigenvalue weighted by Gasteiger charge is -2.25. The Morgan fingerprint density at radius 1 is 1.50 bits per heavy atom. The summed E-state index contributed by atoms with van der Waals surface area (Å²) in [6.45, 7) is 1.01. The summed E-state index contributed by atoms with van der Waals surface area (Å²) in [7, 11) is 0. The summed E-state index contributed by atoms with van der Waals surface area (Å²) in [5.74, 6) is 0.0660. The minimum atomic E-state index is -0.268. The Morgan fingerprint density at radius 2 is 2.29 bits per heavy atom. The molecular weight excluding hydrogens is 180 g/mol. The summed E-state index contributed by atoms with van der Waals surface area (Å²) in [5.41, 5.74) is -0.268. The molecule has 1 aliphatic heterocycles. The van der Waals surface area contributed by atoms with Crippen molar-refractivity contribution in [2.75, 3.05) is 13.2 Å². The second kappa shape index (κ2) is 3.87. The molecule has 1 saturated heterocycles. The Kier molecular flexibility index (Phi) is 2.74. The smallest absolute Gasteiger partial charge is 0.237 e. The van der Waals surface area contributed by atoms with E-state index < -0.39 is 0 Å². The molecule has 2 rings (SSSR count). The van der Waals surface area contributed by atoms with E-state index in [0.717, 1.165) is 38.6 Å². The fraction of sp³-hybridized carbons (Fsp3) is 0.900. The third-order valence-corrected chi connectivity index (χ3v) is 3.17. The first-order valence-electron chi connectivity index (χ1n) is 5.42. The average molecular weight is 198 g/mol. The molecule has 0 aromatic heterocycles. The quantitative estimate of drug-likeness (QED) is 0.587. The zero-order valence-electron chi connectivity index (χ0n) is 8.38. The van der Waals surface area contributed by atoms with Gasteiger partial charge < -0.3 is 15.7 Å². The fourth-order valence-electron chi connectivity index (χ4n) is 1.90. The van der Waals surface area contributed by atoms with Crippen LogP contribution in [-0.2, 0) is 4.79 Å². The van der Waals surface area contributed by atoms with Crippen LogP contribution in [0.5, 0.6) is 0 Å². The van der Waals surface area contributed by atoms with Crippen molar-refractivity contribution in [2.45, 2.75) is 43.7 Å². The monoisotopic (exact) mass is 198 g/mol. The van der Waals surface area contributed by atoms with E-state index in [-0.39, 0.29) is 24.1 Å². The van der Waals surface area contributed by atoms with Crippen molar-refractivity contribution in [3.05, 3.63) is 0 Å². The van der Waals surface area contributed by atoms with Gasteiger partial charge in [0.15, 0.2) is 0 Å². The van der Waals surface area contributed by atoms with E-state index >= 15 is 0 Å². The molecule has 0 radical (unpaired) electrons. The summed E-state index contributed by atoms with van der Waals surface area (Å²) in [4.78, 5) is 11.7. The minimum Gasteiger partial charge on any atom is -0.394 e. The molecule has 2 aliphatic rings. The fourth-order valence-corrected chi connectivity index (χ4v) is 1.90. The zero-order chi connectivity index (χ0) is 10.0. The summed E-state index contributed by atoms with van der Waals surface area (Å²) < 4.78 is 0. The van der Waals surface area contributed by atoms with Crippen molar-refractivity contribution < 1.29 is 9.90 Å². The van der Waals surface area contributed by atoms with Gasteiger partial charge in [0.2, 0.25) is 5.91 Å². The van der Waals surface area contributed by atoms with Crippen molar-refractivity contribution in [3.8, 4) is 0 Å². The highest BCUT2D eigenvalue weighted by Gasteiger charge is 2.44. The lowest BCUT2D eigenvalue weighted by Crippen LogP contribution is -2.51. The number of hydrogen-bond acceptors (Lipinski definition) is 3. The number of aliphatic hydroxyl groups excluding tert-OH is 1. The van der Waals surface area contributed by atoms with Gasteiger partial charge in [-0.25, -0.2) is 0 Å². The highest BCUT2D eigenvalue weighted by atomic mass is 16.3. The summed E-state index contributed by atoms with van der Waals surface area (Å²) >= 11 is 0. The van der Waals surface area contributed by atoms with Gasteiger partial charge >= 0.3 is 0 Å². The third kappa shape index (κ3) is 2.07. The van der Waals surface area contributed by atoms with Crippen molar-refractivity contribution in [3.63, 3.8) is 0 Å². The number of amides is 1. The Labute approximate surface area is 84.1 Å². The second-order valence-corrected chi connectivity index (χ2v) is 4.43. The molecule has 2 fully saturated rings. The lowest BCUT2D eigenvalue weighted by molar-refractivity contribution is -0.125. The Bertz CT molecular complexity index is 220. The van der Waals surface area contributed by atoms with Gasteiger partial charge in [0.05, 0.1) is 18.2 Å². The molecule has 80 valence electrons. The van der Waals surface area contributed by atoms with Gasteiger partial charge in [0, 0.05) is 0 Å². The molecule has 14 heavy (non-hydrogen) atoms. The van der Waals surface area contributed by atoms with E-state index in [2.05, 4.69) is 10.6 Å². The molecule has 1 amide bonds. The zero-order valence-corrected chi connectivity index (χ0v) is 8.38. The van der Waals surface area contributed by atoms with Crippen molar-refractivity contribution in [1.82, 2.24) is 10.6 Å². The standard InChI is InChI=1S/C10H18N2O2/c13-7-10(4-5-10)12-9(14)8-3-1-2-6-11-8/h8,11,13H,1-7H2,(H,12,14)/t8-/m1/s1. The van der Waals surface area contributed by atoms with E-state index in [9.17, 15) is 4.79 Å². The maximum Gasteiger partial charge on any atom is 0.237 e. The van der Waals surface area contributed by atoms with Crippen LogP contribution in [-0.4, -0.2) is 35.7 Å². The maximum absolute atomic E-state index is 11.7. The van der Waals surface area contributed by atoms with Crippen LogP contribution >= 0.6 is 0 Å². The van der Waals surface area contributed by atoms with Gasteiger partial charge in [-0.15, -0.1) is 0 Å². The van der Waals surface area contributed by atoms with Crippen molar-refractivity contribution in [2.24, 2.45) is 0 Å². The molecule has 1 saturated carbocycles. The first-order valence-corrected chi connectivity index (χ1v) is 5.42. The number of hydrogen-bond donors (Lipinski definition) is 3. The normalized spacial score (nSPS) is 29.6. The van der Waals surface area contributed by atoms with Crippen molar-refractivity contribution in [1.29, 1.82) is 0 Å². The number of rotatable bonds is 3. The maximum atomic E-state index is 11.7. The SMILES string of the molecule is O=C(NC1(CO)CC1)[C@H]1CCCCN1. The molecule has 0 bridgehead atoms. The van der Waals surface area contributed by atoms with E-state index in [1.165, 1.54) is 0 Å². The average Bonchev–Trinajstić information content (AvgIpc) is 3.00. The highest BCUT2D eigenvalue weighted by molar-refractivity contribution is 5.83. The van der Waals surface area contributed by atoms with Gasteiger partial charge in [0.1, 0.15) is 0 Å². The molecule has 0 unspecified atom stereocenters. The van der Waals surface area contributed by atoms with E-state index in [1.54, 1.807) is 0 Å². The lowest BCUT2D eigenvalue weighted by atomic mass is 10.0. The van der Waals surface area contributed by atoms with Gasteiger partial charge in [-0.3, -0.25) is 4.79 Å². The molecule has 4 nitrogen and oxygen atoms in total. The van der Waals surface area contributed by atoms with E-state index in [0.29, 0.717) is 0 Å². The van der Waals surface area contributed by atoms with E-state index in [4.69, 9.17) is 5.11 Å². The molecule has 1 aliphatic carbocycles. The predicted octanol–water partition coefficient (Wildman–Crippen LogP) is -0.230. The number of carbonyl (C=O) groups excluding carboxylic acids is 1. The van der Waals surface area contributed by atoms with Gasteiger partial charge in [-0.05, 0) is 32.2 Å². The number of aliphatic hydroxyl groups is 1. The van der Waals surface area contributed by atoms with Crippen LogP contribution in [0.2, 0.25) is 0 Å². The molecule has 0 aromatic rings.